The normalized spacial score (nSPS) is 13.4. The Hall–Kier alpha value is -0.820. The molecule has 0 amide bonds. The highest BCUT2D eigenvalue weighted by Gasteiger charge is 2.10. The Balaban J connectivity index is 3.43. The van der Waals surface area contributed by atoms with E-state index < -0.39 is 0 Å². The summed E-state index contributed by atoms with van der Waals surface area (Å²) in [6.07, 6.45) is 42.6. The summed E-state index contributed by atoms with van der Waals surface area (Å²) in [6, 6.07) is 0.788. The number of nitrogens with zero attached hydrogens (tertiary/aromatic N) is 1. The Labute approximate surface area is 210 Å². The lowest BCUT2D eigenvalue weighted by Crippen LogP contribution is -2.27. The van der Waals surface area contributed by atoms with Crippen molar-refractivity contribution in [3.05, 3.63) is 36.5 Å². The minimum absolute atomic E-state index is 0.788. The summed E-state index contributed by atoms with van der Waals surface area (Å²) in [5.74, 6) is 0. The maximum atomic E-state index is 2.46. The molecule has 1 unspecified atom stereocenters. The zero-order valence-electron chi connectivity index (χ0n) is 23.3. The molecule has 0 radical (unpaired) electrons. The van der Waals surface area contributed by atoms with Crippen LogP contribution in [0, 0.1) is 0 Å². The van der Waals surface area contributed by atoms with E-state index in [1.165, 1.54) is 128 Å². The monoisotopic (exact) mass is 459 g/mol. The number of rotatable bonds is 25. The lowest BCUT2D eigenvalue weighted by Gasteiger charge is -2.24. The van der Waals surface area contributed by atoms with Crippen molar-refractivity contribution >= 4 is 0 Å². The molecule has 194 valence electrons. The first-order valence-corrected chi connectivity index (χ1v) is 14.8. The van der Waals surface area contributed by atoms with Crippen molar-refractivity contribution in [2.75, 3.05) is 14.1 Å². The lowest BCUT2D eigenvalue weighted by molar-refractivity contribution is 0.252. The molecule has 33 heavy (non-hydrogen) atoms. The Bertz CT molecular complexity index is 445. The standard InChI is InChI=1S/C32H61N/c1-5-7-9-11-13-14-15-16-17-18-19-20-21-22-23-24-25-27-29-31-32(33(3)4)30-28-26-12-10-8-6-2/h8,10,13-14,16-17,32H,5-7,9,11-12,15,18-31H2,1-4H3/b10-8+,14-13-,17-16-. The molecule has 1 heteroatoms. The molecule has 0 aliphatic heterocycles. The van der Waals surface area contributed by atoms with Crippen LogP contribution < -0.4 is 0 Å². The van der Waals surface area contributed by atoms with Gasteiger partial charge in [0.1, 0.15) is 0 Å². The predicted octanol–water partition coefficient (Wildman–Crippen LogP) is 10.8. The van der Waals surface area contributed by atoms with E-state index in [1.54, 1.807) is 0 Å². The molecular weight excluding hydrogens is 398 g/mol. The molecule has 1 nitrogen and oxygen atoms in total. The number of allylic oxidation sites excluding steroid dienone is 6. The highest BCUT2D eigenvalue weighted by Crippen LogP contribution is 2.17. The molecule has 0 fully saturated rings. The van der Waals surface area contributed by atoms with E-state index in [0.717, 1.165) is 12.5 Å². The summed E-state index contributed by atoms with van der Waals surface area (Å²) >= 11 is 0. The second-order valence-electron chi connectivity index (χ2n) is 10.2. The Morgan fingerprint density at radius 1 is 0.485 bits per heavy atom. The van der Waals surface area contributed by atoms with E-state index in [9.17, 15) is 0 Å². The van der Waals surface area contributed by atoms with Crippen molar-refractivity contribution in [1.29, 1.82) is 0 Å². The van der Waals surface area contributed by atoms with Crippen LogP contribution in [0.3, 0.4) is 0 Å². The van der Waals surface area contributed by atoms with E-state index in [-0.39, 0.29) is 0 Å². The maximum absolute atomic E-state index is 2.46. The summed E-state index contributed by atoms with van der Waals surface area (Å²) in [7, 11) is 4.54. The second kappa shape index (κ2) is 27.4. The Morgan fingerprint density at radius 3 is 1.42 bits per heavy atom. The molecule has 0 aliphatic rings. The third kappa shape index (κ3) is 25.6. The molecule has 0 saturated heterocycles. The quantitative estimate of drug-likeness (QED) is 0.0968. The van der Waals surface area contributed by atoms with Crippen molar-refractivity contribution in [3.8, 4) is 0 Å². The molecule has 0 saturated carbocycles. The third-order valence-electron chi connectivity index (χ3n) is 6.78. The second-order valence-corrected chi connectivity index (χ2v) is 10.2. The van der Waals surface area contributed by atoms with Gasteiger partial charge < -0.3 is 4.90 Å². The summed E-state index contributed by atoms with van der Waals surface area (Å²) in [5.41, 5.74) is 0. The zero-order chi connectivity index (χ0) is 24.2. The van der Waals surface area contributed by atoms with Gasteiger partial charge in [-0.2, -0.15) is 0 Å². The zero-order valence-corrected chi connectivity index (χ0v) is 23.3. The van der Waals surface area contributed by atoms with Gasteiger partial charge in [-0.05, 0) is 78.3 Å². The van der Waals surface area contributed by atoms with Crippen LogP contribution in [0.25, 0.3) is 0 Å². The molecule has 0 bridgehead atoms. The van der Waals surface area contributed by atoms with Crippen molar-refractivity contribution in [2.24, 2.45) is 0 Å². The van der Waals surface area contributed by atoms with Gasteiger partial charge in [-0.25, -0.2) is 0 Å². The topological polar surface area (TPSA) is 3.24 Å². The van der Waals surface area contributed by atoms with E-state index in [1.807, 2.05) is 0 Å². The van der Waals surface area contributed by atoms with Crippen LogP contribution in [-0.4, -0.2) is 25.0 Å². The molecule has 0 aromatic rings. The van der Waals surface area contributed by atoms with E-state index in [2.05, 4.69) is 69.3 Å². The van der Waals surface area contributed by atoms with Crippen molar-refractivity contribution in [3.63, 3.8) is 0 Å². The van der Waals surface area contributed by atoms with Gasteiger partial charge in [0.05, 0.1) is 0 Å². The maximum Gasteiger partial charge on any atom is 0.00891 e. The van der Waals surface area contributed by atoms with E-state index in [4.69, 9.17) is 0 Å². The predicted molar refractivity (Wildman–Crippen MR) is 153 cm³/mol. The van der Waals surface area contributed by atoms with Crippen LogP contribution in [-0.2, 0) is 0 Å². The van der Waals surface area contributed by atoms with Gasteiger partial charge in [0.25, 0.3) is 0 Å². The van der Waals surface area contributed by atoms with Crippen LogP contribution in [0.15, 0.2) is 36.5 Å². The molecule has 0 N–H and O–H groups in total. The molecule has 0 aromatic carbocycles. The van der Waals surface area contributed by atoms with Gasteiger partial charge >= 0.3 is 0 Å². The minimum Gasteiger partial charge on any atom is -0.306 e. The first-order chi connectivity index (χ1) is 16.2. The average Bonchev–Trinajstić information content (AvgIpc) is 2.81. The third-order valence-corrected chi connectivity index (χ3v) is 6.78. The number of unbranched alkanes of at least 4 members (excludes halogenated alkanes) is 14. The molecule has 0 aliphatic carbocycles. The lowest BCUT2D eigenvalue weighted by atomic mass is 9.99. The SMILES string of the molecule is CC/C=C/CCCCC(CCCCCCCCCCC/C=C\C/C=C\CCCCC)N(C)C. The largest absolute Gasteiger partial charge is 0.306 e. The summed E-state index contributed by atoms with van der Waals surface area (Å²) in [6.45, 7) is 4.49. The highest BCUT2D eigenvalue weighted by atomic mass is 15.1. The van der Waals surface area contributed by atoms with Gasteiger partial charge in [0, 0.05) is 6.04 Å². The first kappa shape index (κ1) is 32.2. The van der Waals surface area contributed by atoms with Crippen LogP contribution in [0.5, 0.6) is 0 Å². The molecule has 0 rings (SSSR count). The van der Waals surface area contributed by atoms with Crippen molar-refractivity contribution in [1.82, 2.24) is 4.90 Å². The summed E-state index contributed by atoms with van der Waals surface area (Å²) in [4.78, 5) is 2.46. The molecule has 0 spiro atoms. The number of hydrogen-bond acceptors (Lipinski definition) is 1. The van der Waals surface area contributed by atoms with Crippen LogP contribution in [0.2, 0.25) is 0 Å². The fraction of sp³-hybridized carbons (Fsp3) is 0.812. The van der Waals surface area contributed by atoms with Crippen LogP contribution in [0.4, 0.5) is 0 Å². The van der Waals surface area contributed by atoms with E-state index >= 15 is 0 Å². The summed E-state index contributed by atoms with van der Waals surface area (Å²) < 4.78 is 0. The van der Waals surface area contributed by atoms with Gasteiger partial charge in [0.2, 0.25) is 0 Å². The van der Waals surface area contributed by atoms with Gasteiger partial charge in [-0.3, -0.25) is 0 Å². The Kier molecular flexibility index (Phi) is 26.7. The van der Waals surface area contributed by atoms with Crippen molar-refractivity contribution in [2.45, 2.75) is 155 Å². The van der Waals surface area contributed by atoms with Gasteiger partial charge in [0.15, 0.2) is 0 Å². The minimum atomic E-state index is 0.788. The van der Waals surface area contributed by atoms with Crippen LogP contribution >= 0.6 is 0 Å². The molecule has 0 heterocycles. The molecule has 0 aromatic heterocycles. The number of hydrogen-bond donors (Lipinski definition) is 0. The smallest absolute Gasteiger partial charge is 0.00891 e. The van der Waals surface area contributed by atoms with E-state index in [0.29, 0.717) is 0 Å². The average molecular weight is 460 g/mol. The fourth-order valence-electron chi connectivity index (χ4n) is 4.49. The highest BCUT2D eigenvalue weighted by molar-refractivity contribution is 4.92. The van der Waals surface area contributed by atoms with Crippen molar-refractivity contribution < 1.29 is 0 Å². The fourth-order valence-corrected chi connectivity index (χ4v) is 4.49. The van der Waals surface area contributed by atoms with Gasteiger partial charge in [-0.15, -0.1) is 0 Å². The first-order valence-electron chi connectivity index (χ1n) is 14.8. The summed E-state index contributed by atoms with van der Waals surface area (Å²) in [5, 5.41) is 0. The Morgan fingerprint density at radius 2 is 0.909 bits per heavy atom. The molecular formula is C32H61N. The molecule has 1 atom stereocenters. The van der Waals surface area contributed by atoms with Gasteiger partial charge in [-0.1, -0.05) is 121 Å². The van der Waals surface area contributed by atoms with Crippen LogP contribution in [0.1, 0.15) is 149 Å².